The van der Waals surface area contributed by atoms with Crippen LogP contribution in [-0.2, 0) is 19.5 Å². The lowest BCUT2D eigenvalue weighted by molar-refractivity contribution is 0.553. The second-order valence-electron chi connectivity index (χ2n) is 8.59. The van der Waals surface area contributed by atoms with Crippen molar-refractivity contribution in [1.82, 2.24) is 49.5 Å². The molecule has 36 heavy (non-hydrogen) atoms. The molecule has 11 nitrogen and oxygen atoms in total. The number of hydrogen-bond donors (Lipinski definition) is 1. The molecule has 5 rings (SSSR count). The van der Waals surface area contributed by atoms with E-state index in [1.807, 2.05) is 47.3 Å². The highest BCUT2D eigenvalue weighted by Gasteiger charge is 2.18. The second-order valence-corrected chi connectivity index (χ2v) is 8.59. The number of aromatic nitrogens is 10. The lowest BCUT2D eigenvalue weighted by atomic mass is 10.00. The number of hydrogen-bond acceptors (Lipinski definition) is 7. The van der Waals surface area contributed by atoms with Crippen molar-refractivity contribution in [2.75, 3.05) is 0 Å². The molecule has 11 heteroatoms. The van der Waals surface area contributed by atoms with Crippen LogP contribution in [0.25, 0.3) is 28.5 Å². The van der Waals surface area contributed by atoms with Crippen LogP contribution in [0.2, 0.25) is 0 Å². The molecular weight excluding hydrogens is 456 g/mol. The minimum absolute atomic E-state index is 0.133. The third kappa shape index (κ3) is 4.59. The van der Waals surface area contributed by atoms with Gasteiger partial charge in [-0.2, -0.15) is 15.3 Å². The van der Waals surface area contributed by atoms with Crippen LogP contribution < -0.4 is 5.69 Å². The molecule has 1 N–H and O–H groups in total. The van der Waals surface area contributed by atoms with Crippen molar-refractivity contribution < 1.29 is 0 Å². The van der Waals surface area contributed by atoms with Crippen LogP contribution in [0.3, 0.4) is 0 Å². The van der Waals surface area contributed by atoms with Crippen LogP contribution in [0.1, 0.15) is 44.4 Å². The molecular formula is C25H28N10O. The molecule has 0 amide bonds. The molecule has 0 aliphatic carbocycles. The summed E-state index contributed by atoms with van der Waals surface area (Å²) < 4.78 is 5.23. The summed E-state index contributed by atoms with van der Waals surface area (Å²) in [5, 5.41) is 18.5. The van der Waals surface area contributed by atoms with Gasteiger partial charge in [-0.25, -0.2) is 14.0 Å². The molecule has 1 aromatic carbocycles. The van der Waals surface area contributed by atoms with E-state index < -0.39 is 0 Å². The third-order valence-electron chi connectivity index (χ3n) is 6.13. The number of benzene rings is 1. The summed E-state index contributed by atoms with van der Waals surface area (Å²) in [7, 11) is 0. The Morgan fingerprint density at radius 1 is 1.03 bits per heavy atom. The molecule has 4 aromatic heterocycles. The Morgan fingerprint density at radius 3 is 2.61 bits per heavy atom. The normalized spacial score (nSPS) is 11.3. The number of aromatic amines is 1. The minimum atomic E-state index is -0.133. The maximum Gasteiger partial charge on any atom is 0.335 e. The minimum Gasteiger partial charge on any atom is -0.291 e. The fourth-order valence-electron chi connectivity index (χ4n) is 4.29. The van der Waals surface area contributed by atoms with Crippen LogP contribution in [0.15, 0.2) is 60.0 Å². The van der Waals surface area contributed by atoms with Crippen molar-refractivity contribution in [1.29, 1.82) is 0 Å². The molecule has 5 aromatic rings. The number of rotatable bonds is 10. The lowest BCUT2D eigenvalue weighted by Gasteiger charge is -2.12. The Labute approximate surface area is 207 Å². The predicted molar refractivity (Wildman–Crippen MR) is 134 cm³/mol. The van der Waals surface area contributed by atoms with E-state index in [1.165, 1.54) is 6.33 Å². The van der Waals surface area contributed by atoms with Gasteiger partial charge in [-0.05, 0) is 40.8 Å². The smallest absolute Gasteiger partial charge is 0.291 e. The lowest BCUT2D eigenvalue weighted by Crippen LogP contribution is -2.27. The highest BCUT2D eigenvalue weighted by Crippen LogP contribution is 2.26. The maximum atomic E-state index is 13.6. The van der Waals surface area contributed by atoms with E-state index in [0.29, 0.717) is 18.3 Å². The second kappa shape index (κ2) is 10.5. The Hall–Kier alpha value is -4.41. The summed E-state index contributed by atoms with van der Waals surface area (Å²) in [5.41, 5.74) is 4.67. The number of unbranched alkanes of at least 4 members (excludes halogenated alkanes) is 1. The summed E-state index contributed by atoms with van der Waals surface area (Å²) in [6, 6.07) is 9.92. The number of pyridine rings is 1. The molecule has 0 radical (unpaired) electrons. The Bertz CT molecular complexity index is 1480. The zero-order valence-corrected chi connectivity index (χ0v) is 20.4. The highest BCUT2D eigenvalue weighted by molar-refractivity contribution is 5.69. The molecule has 0 aliphatic rings. The van der Waals surface area contributed by atoms with Crippen LogP contribution in [0, 0.1) is 0 Å². The Kier molecular flexibility index (Phi) is 6.78. The van der Waals surface area contributed by atoms with E-state index in [9.17, 15) is 4.79 Å². The van der Waals surface area contributed by atoms with E-state index in [4.69, 9.17) is 0 Å². The molecule has 0 saturated heterocycles. The van der Waals surface area contributed by atoms with Crippen LogP contribution in [-0.4, -0.2) is 49.5 Å². The van der Waals surface area contributed by atoms with Crippen molar-refractivity contribution in [2.45, 2.75) is 52.6 Å². The first-order valence-corrected chi connectivity index (χ1v) is 12.2. The molecule has 184 valence electrons. The molecule has 0 atom stereocenters. The fourth-order valence-corrected chi connectivity index (χ4v) is 4.29. The monoisotopic (exact) mass is 484 g/mol. The average molecular weight is 485 g/mol. The summed E-state index contributed by atoms with van der Waals surface area (Å²) in [4.78, 5) is 22.4. The van der Waals surface area contributed by atoms with Gasteiger partial charge in [0.1, 0.15) is 6.33 Å². The van der Waals surface area contributed by atoms with Gasteiger partial charge in [0.05, 0.1) is 6.54 Å². The molecule has 4 heterocycles. The van der Waals surface area contributed by atoms with Gasteiger partial charge in [0.2, 0.25) is 11.8 Å². The van der Waals surface area contributed by atoms with E-state index in [0.717, 1.165) is 60.2 Å². The van der Waals surface area contributed by atoms with E-state index in [-0.39, 0.29) is 5.69 Å². The van der Waals surface area contributed by atoms with Crippen LogP contribution in [0.4, 0.5) is 0 Å². The van der Waals surface area contributed by atoms with Gasteiger partial charge in [-0.3, -0.25) is 9.55 Å². The fraction of sp³-hybridized carbons (Fsp3) is 0.320. The summed E-state index contributed by atoms with van der Waals surface area (Å²) in [6.45, 7) is 5.36. The standard InChI is InChI=1S/C25H28N10O/c1-3-5-13-35-24(27-17-28-35)34-16-21(6-4-2)33(25(34)36)15-20-14-26-12-11-22(20)18-7-9-19(10-8-18)23-29-31-32-30-23/h7-12,14,16-17H,3-6,13,15H2,1-2H3,(H,29,30,31,32). The van der Waals surface area contributed by atoms with Gasteiger partial charge < -0.3 is 0 Å². The third-order valence-corrected chi connectivity index (χ3v) is 6.13. The number of H-pyrrole nitrogens is 1. The summed E-state index contributed by atoms with van der Waals surface area (Å²) in [6.07, 6.45) is 10.7. The summed E-state index contributed by atoms with van der Waals surface area (Å²) >= 11 is 0. The first-order chi connectivity index (χ1) is 17.7. The van der Waals surface area contributed by atoms with Gasteiger partial charge in [-0.1, -0.05) is 51.0 Å². The van der Waals surface area contributed by atoms with Crippen molar-refractivity contribution in [3.8, 4) is 28.5 Å². The van der Waals surface area contributed by atoms with Gasteiger partial charge >= 0.3 is 5.69 Å². The van der Waals surface area contributed by atoms with Gasteiger partial charge in [0.15, 0.2) is 0 Å². The van der Waals surface area contributed by atoms with Gasteiger partial charge in [-0.15, -0.1) is 10.2 Å². The number of nitrogens with one attached hydrogen (secondary N) is 1. The first kappa shape index (κ1) is 23.3. The average Bonchev–Trinajstić information content (AvgIpc) is 3.66. The molecule has 0 aliphatic heterocycles. The van der Waals surface area contributed by atoms with Crippen molar-refractivity contribution >= 4 is 0 Å². The van der Waals surface area contributed by atoms with Gasteiger partial charge in [0, 0.05) is 36.4 Å². The van der Waals surface area contributed by atoms with Crippen LogP contribution in [0.5, 0.6) is 0 Å². The quantitative estimate of drug-likeness (QED) is 0.322. The molecule has 0 spiro atoms. The number of tetrazole rings is 1. The highest BCUT2D eigenvalue weighted by atomic mass is 16.2. The van der Waals surface area contributed by atoms with Crippen LogP contribution >= 0.6 is 0 Å². The molecule has 0 fully saturated rings. The zero-order chi connectivity index (χ0) is 24.9. The Morgan fingerprint density at radius 2 is 1.86 bits per heavy atom. The number of nitrogens with zero attached hydrogens (tertiary/aromatic N) is 9. The number of imidazole rings is 1. The number of aryl methyl sites for hydroxylation is 2. The zero-order valence-electron chi connectivity index (χ0n) is 20.4. The largest absolute Gasteiger partial charge is 0.335 e. The maximum absolute atomic E-state index is 13.6. The van der Waals surface area contributed by atoms with Crippen molar-refractivity contribution in [2.24, 2.45) is 0 Å². The first-order valence-electron chi connectivity index (χ1n) is 12.2. The predicted octanol–water partition coefficient (Wildman–Crippen LogP) is 3.27. The molecule has 0 bridgehead atoms. The van der Waals surface area contributed by atoms with E-state index in [2.05, 4.69) is 49.5 Å². The molecule has 0 unspecified atom stereocenters. The molecule has 0 saturated carbocycles. The van der Waals surface area contributed by atoms with Gasteiger partial charge in [0.25, 0.3) is 0 Å². The van der Waals surface area contributed by atoms with E-state index in [1.54, 1.807) is 15.4 Å². The summed E-state index contributed by atoms with van der Waals surface area (Å²) in [5.74, 6) is 1.09. The SMILES string of the molecule is CCCCn1ncnc1-n1cc(CCC)n(Cc2cnccc2-c2ccc(-c3nn[nH]n3)cc2)c1=O. The van der Waals surface area contributed by atoms with E-state index >= 15 is 0 Å². The topological polar surface area (TPSA) is 125 Å². The van der Waals surface area contributed by atoms with Crippen molar-refractivity contribution in [3.63, 3.8) is 0 Å². The Balaban J connectivity index is 1.50. The van der Waals surface area contributed by atoms with Crippen molar-refractivity contribution in [3.05, 3.63) is 77.0 Å².